The molecule has 0 saturated carbocycles. The Morgan fingerprint density at radius 2 is 2.00 bits per heavy atom. The lowest BCUT2D eigenvalue weighted by Gasteiger charge is -2.08. The van der Waals surface area contributed by atoms with Gasteiger partial charge in [0, 0.05) is 3.57 Å². The van der Waals surface area contributed by atoms with Crippen LogP contribution in [0.2, 0.25) is 0 Å². The number of hydrogen-bond donors (Lipinski definition) is 1. The molecular formula is C12H6F2IN3OS. The summed E-state index contributed by atoms with van der Waals surface area (Å²) in [5.41, 5.74) is -1.89. The second-order valence-corrected chi connectivity index (χ2v) is 5.70. The quantitative estimate of drug-likeness (QED) is 0.474. The maximum Gasteiger partial charge on any atom is 0.270 e. The average Bonchev–Trinajstić information content (AvgIpc) is 2.37. The molecule has 20 heavy (non-hydrogen) atoms. The number of nitrogens with one attached hydrogen (secondary N) is 1. The molecule has 0 aliphatic heterocycles. The van der Waals surface area contributed by atoms with E-state index in [1.165, 1.54) is 0 Å². The van der Waals surface area contributed by atoms with Crippen molar-refractivity contribution in [1.29, 1.82) is 5.26 Å². The molecule has 1 N–H and O–H groups in total. The van der Waals surface area contributed by atoms with Crippen LogP contribution in [0.4, 0.5) is 8.78 Å². The molecule has 0 radical (unpaired) electrons. The number of hydrogen-bond acceptors (Lipinski definition) is 4. The molecule has 2 rings (SSSR count). The standard InChI is InChI=1S/C12H6F2IN3OS/c1-20-12-17-10(6(4-16)11(19)18-12)9-7(13)2-5(15)3-8(9)14/h2-3H,1H3,(H,17,18,19). The lowest BCUT2D eigenvalue weighted by atomic mass is 10.1. The Balaban J connectivity index is 2.86. The van der Waals surface area contributed by atoms with Crippen molar-refractivity contribution in [1.82, 2.24) is 9.97 Å². The van der Waals surface area contributed by atoms with Crippen LogP contribution < -0.4 is 5.56 Å². The summed E-state index contributed by atoms with van der Waals surface area (Å²) in [6.45, 7) is 0. The van der Waals surface area contributed by atoms with Gasteiger partial charge in [-0.3, -0.25) is 4.79 Å². The van der Waals surface area contributed by atoms with Gasteiger partial charge >= 0.3 is 0 Å². The van der Waals surface area contributed by atoms with Crippen molar-refractivity contribution in [2.24, 2.45) is 0 Å². The van der Waals surface area contributed by atoms with Crippen LogP contribution in [0.1, 0.15) is 5.56 Å². The van der Waals surface area contributed by atoms with Crippen LogP contribution >= 0.6 is 34.4 Å². The molecule has 0 bridgehead atoms. The first kappa shape index (κ1) is 14.9. The lowest BCUT2D eigenvalue weighted by Crippen LogP contribution is -2.15. The molecule has 4 nitrogen and oxygen atoms in total. The highest BCUT2D eigenvalue weighted by atomic mass is 127. The van der Waals surface area contributed by atoms with Crippen molar-refractivity contribution in [2.45, 2.75) is 5.16 Å². The van der Waals surface area contributed by atoms with Gasteiger partial charge < -0.3 is 4.98 Å². The minimum atomic E-state index is -0.865. The zero-order valence-electron chi connectivity index (χ0n) is 10.00. The van der Waals surface area contributed by atoms with Gasteiger partial charge in [0.1, 0.15) is 29.0 Å². The van der Waals surface area contributed by atoms with Gasteiger partial charge in [-0.2, -0.15) is 5.26 Å². The molecule has 0 unspecified atom stereocenters. The number of aromatic amines is 1. The smallest absolute Gasteiger partial charge is 0.270 e. The zero-order valence-corrected chi connectivity index (χ0v) is 13.0. The van der Waals surface area contributed by atoms with E-state index >= 15 is 0 Å². The highest BCUT2D eigenvalue weighted by molar-refractivity contribution is 14.1. The van der Waals surface area contributed by atoms with E-state index in [2.05, 4.69) is 9.97 Å². The number of rotatable bonds is 2. The van der Waals surface area contributed by atoms with Gasteiger partial charge in [0.2, 0.25) is 0 Å². The lowest BCUT2D eigenvalue weighted by molar-refractivity contribution is 0.586. The maximum absolute atomic E-state index is 14.0. The molecule has 0 aliphatic rings. The topological polar surface area (TPSA) is 69.5 Å². The molecule has 0 fully saturated rings. The Labute approximate surface area is 130 Å². The maximum atomic E-state index is 14.0. The number of nitriles is 1. The number of H-pyrrole nitrogens is 1. The predicted octanol–water partition coefficient (Wildman–Crippen LogP) is 2.91. The summed E-state index contributed by atoms with van der Waals surface area (Å²) in [5.74, 6) is -1.73. The third-order valence-electron chi connectivity index (χ3n) is 2.45. The first-order chi connectivity index (χ1) is 9.47. The molecule has 102 valence electrons. The minimum Gasteiger partial charge on any atom is -0.300 e. The highest BCUT2D eigenvalue weighted by Gasteiger charge is 2.20. The van der Waals surface area contributed by atoms with Gasteiger partial charge in [-0.15, -0.1) is 0 Å². The Morgan fingerprint density at radius 3 is 2.50 bits per heavy atom. The second-order valence-electron chi connectivity index (χ2n) is 3.66. The molecule has 1 aromatic heterocycles. The Kier molecular flexibility index (Phi) is 4.39. The van der Waals surface area contributed by atoms with E-state index in [1.54, 1.807) is 34.9 Å². The van der Waals surface area contributed by atoms with Crippen LogP contribution in [0.3, 0.4) is 0 Å². The predicted molar refractivity (Wildman–Crippen MR) is 79.4 cm³/mol. The van der Waals surface area contributed by atoms with Crippen LogP contribution in [-0.2, 0) is 0 Å². The molecule has 0 spiro atoms. The SMILES string of the molecule is CSc1nc(-c2c(F)cc(I)cc2F)c(C#N)c(=O)[nH]1. The van der Waals surface area contributed by atoms with Gasteiger partial charge in [0.25, 0.3) is 5.56 Å². The van der Waals surface area contributed by atoms with E-state index in [4.69, 9.17) is 5.26 Å². The van der Waals surface area contributed by atoms with Crippen molar-refractivity contribution < 1.29 is 8.78 Å². The van der Waals surface area contributed by atoms with Crippen molar-refractivity contribution in [3.63, 3.8) is 0 Å². The van der Waals surface area contributed by atoms with Crippen LogP contribution in [0, 0.1) is 26.5 Å². The second kappa shape index (κ2) is 5.88. The fourth-order valence-corrected chi connectivity index (χ4v) is 2.53. The van der Waals surface area contributed by atoms with Crippen molar-refractivity contribution in [2.75, 3.05) is 6.26 Å². The number of halogens is 3. The molecular weight excluding hydrogens is 399 g/mol. The molecule has 0 aliphatic carbocycles. The fraction of sp³-hybridized carbons (Fsp3) is 0.0833. The van der Waals surface area contributed by atoms with E-state index in [-0.39, 0.29) is 10.9 Å². The van der Waals surface area contributed by atoms with Crippen molar-refractivity contribution in [3.8, 4) is 17.3 Å². The molecule has 0 saturated heterocycles. The molecule has 0 amide bonds. The van der Waals surface area contributed by atoms with Crippen LogP contribution in [0.25, 0.3) is 11.3 Å². The van der Waals surface area contributed by atoms with E-state index in [1.807, 2.05) is 0 Å². The normalized spacial score (nSPS) is 10.3. The van der Waals surface area contributed by atoms with E-state index in [0.29, 0.717) is 3.57 Å². The Hall–Kier alpha value is -1.47. The van der Waals surface area contributed by atoms with Gasteiger partial charge in [-0.1, -0.05) is 11.8 Å². The van der Waals surface area contributed by atoms with Gasteiger partial charge in [-0.05, 0) is 41.0 Å². The largest absolute Gasteiger partial charge is 0.300 e. The summed E-state index contributed by atoms with van der Waals surface area (Å²) in [7, 11) is 0. The minimum absolute atomic E-state index is 0.182. The first-order valence-corrected chi connectivity index (χ1v) is 7.51. The van der Waals surface area contributed by atoms with Crippen molar-refractivity contribution >= 4 is 34.4 Å². The monoisotopic (exact) mass is 405 g/mol. The summed E-state index contributed by atoms with van der Waals surface area (Å²) in [6, 6.07) is 3.86. The summed E-state index contributed by atoms with van der Waals surface area (Å²) >= 11 is 2.87. The first-order valence-electron chi connectivity index (χ1n) is 5.21. The summed E-state index contributed by atoms with van der Waals surface area (Å²) in [4.78, 5) is 18.0. The number of benzene rings is 1. The fourth-order valence-electron chi connectivity index (χ4n) is 1.60. The van der Waals surface area contributed by atoms with Crippen LogP contribution in [-0.4, -0.2) is 16.2 Å². The van der Waals surface area contributed by atoms with Gasteiger partial charge in [-0.25, -0.2) is 13.8 Å². The molecule has 0 atom stereocenters. The Morgan fingerprint density at radius 1 is 1.40 bits per heavy atom. The number of nitrogens with zero attached hydrogens (tertiary/aromatic N) is 2. The third kappa shape index (κ3) is 2.69. The van der Waals surface area contributed by atoms with E-state index < -0.39 is 28.3 Å². The summed E-state index contributed by atoms with van der Waals surface area (Å²) in [5, 5.41) is 9.18. The number of thioether (sulfide) groups is 1. The van der Waals surface area contributed by atoms with Crippen LogP contribution in [0.5, 0.6) is 0 Å². The van der Waals surface area contributed by atoms with Gasteiger partial charge in [0.05, 0.1) is 5.56 Å². The molecule has 2 aromatic rings. The van der Waals surface area contributed by atoms with Gasteiger partial charge in [0.15, 0.2) is 5.16 Å². The average molecular weight is 405 g/mol. The molecule has 1 aromatic carbocycles. The number of aromatic nitrogens is 2. The van der Waals surface area contributed by atoms with Crippen molar-refractivity contribution in [3.05, 3.63) is 43.3 Å². The molecule has 1 heterocycles. The third-order valence-corrected chi connectivity index (χ3v) is 3.65. The summed E-state index contributed by atoms with van der Waals surface area (Å²) < 4.78 is 28.3. The Bertz CT molecular complexity index is 762. The molecule has 8 heteroatoms. The zero-order chi connectivity index (χ0) is 14.9. The van der Waals surface area contributed by atoms with E-state index in [0.717, 1.165) is 23.9 Å². The highest BCUT2D eigenvalue weighted by Crippen LogP contribution is 2.28. The summed E-state index contributed by atoms with van der Waals surface area (Å²) in [6.07, 6.45) is 1.65. The van der Waals surface area contributed by atoms with Crippen LogP contribution in [0.15, 0.2) is 22.1 Å². The van der Waals surface area contributed by atoms with E-state index in [9.17, 15) is 13.6 Å².